The molecule has 1 aliphatic rings. The highest BCUT2D eigenvalue weighted by Crippen LogP contribution is 2.30. The van der Waals surface area contributed by atoms with E-state index in [-0.39, 0.29) is 30.3 Å². The fraction of sp³-hybridized carbons (Fsp3) is 0.286. The Morgan fingerprint density at radius 3 is 2.52 bits per heavy atom. The van der Waals surface area contributed by atoms with Crippen molar-refractivity contribution >= 4 is 17.5 Å². The molecule has 8 nitrogen and oxygen atoms in total. The zero-order valence-corrected chi connectivity index (χ0v) is 16.1. The van der Waals surface area contributed by atoms with Crippen molar-refractivity contribution in [1.82, 2.24) is 25.5 Å². The van der Waals surface area contributed by atoms with Crippen LogP contribution in [0.3, 0.4) is 0 Å². The summed E-state index contributed by atoms with van der Waals surface area (Å²) in [5.74, 6) is 0.519. The van der Waals surface area contributed by atoms with Crippen LogP contribution in [0.4, 0.5) is 5.69 Å². The fourth-order valence-corrected chi connectivity index (χ4v) is 2.96. The minimum atomic E-state index is -0.208. The second kappa shape index (κ2) is 8.22. The summed E-state index contributed by atoms with van der Waals surface area (Å²) in [7, 11) is 0. The van der Waals surface area contributed by atoms with Gasteiger partial charge in [0.25, 0.3) is 0 Å². The summed E-state index contributed by atoms with van der Waals surface area (Å²) in [6, 6.07) is 16.8. The van der Waals surface area contributed by atoms with Gasteiger partial charge in [-0.25, -0.2) is 0 Å². The fourth-order valence-electron chi connectivity index (χ4n) is 2.96. The Bertz CT molecular complexity index is 996. The summed E-state index contributed by atoms with van der Waals surface area (Å²) in [6.45, 7) is 1.89. The van der Waals surface area contributed by atoms with E-state index in [9.17, 15) is 9.59 Å². The molecular weight excluding hydrogens is 368 g/mol. The zero-order chi connectivity index (χ0) is 20.2. The SMILES string of the molecule is CC(NC(=O)Cn1nnc(-c2ccccc2)n1)c1ccc(NC(=O)C2CC2)cc1. The average Bonchev–Trinajstić information content (AvgIpc) is 3.49. The van der Waals surface area contributed by atoms with E-state index in [2.05, 4.69) is 26.0 Å². The number of carbonyl (C=O) groups is 2. The molecule has 1 unspecified atom stereocenters. The van der Waals surface area contributed by atoms with Crippen LogP contribution >= 0.6 is 0 Å². The van der Waals surface area contributed by atoms with Gasteiger partial charge >= 0.3 is 0 Å². The number of nitrogens with zero attached hydrogens (tertiary/aromatic N) is 4. The van der Waals surface area contributed by atoms with Crippen molar-refractivity contribution in [2.24, 2.45) is 5.92 Å². The molecule has 1 fully saturated rings. The first-order chi connectivity index (χ1) is 14.1. The van der Waals surface area contributed by atoms with Crippen LogP contribution in [0.5, 0.6) is 0 Å². The molecule has 148 valence electrons. The zero-order valence-electron chi connectivity index (χ0n) is 16.1. The molecule has 3 aromatic rings. The lowest BCUT2D eigenvalue weighted by Gasteiger charge is -2.14. The first-order valence-corrected chi connectivity index (χ1v) is 9.62. The van der Waals surface area contributed by atoms with E-state index < -0.39 is 0 Å². The number of anilines is 1. The van der Waals surface area contributed by atoms with Crippen molar-refractivity contribution in [3.63, 3.8) is 0 Å². The Morgan fingerprint density at radius 1 is 1.10 bits per heavy atom. The molecular formula is C21H22N6O2. The van der Waals surface area contributed by atoms with E-state index in [1.54, 1.807) is 0 Å². The molecule has 0 radical (unpaired) electrons. The summed E-state index contributed by atoms with van der Waals surface area (Å²) in [4.78, 5) is 25.4. The first kappa shape index (κ1) is 18.8. The molecule has 2 N–H and O–H groups in total. The largest absolute Gasteiger partial charge is 0.348 e. The van der Waals surface area contributed by atoms with Gasteiger partial charge in [-0.2, -0.15) is 4.80 Å². The molecule has 1 aromatic heterocycles. The second-order valence-electron chi connectivity index (χ2n) is 7.18. The molecule has 1 heterocycles. The van der Waals surface area contributed by atoms with Gasteiger partial charge in [0.05, 0.1) is 6.04 Å². The summed E-state index contributed by atoms with van der Waals surface area (Å²) in [5.41, 5.74) is 2.56. The first-order valence-electron chi connectivity index (χ1n) is 9.62. The Labute approximate surface area is 168 Å². The number of rotatable bonds is 7. The second-order valence-corrected chi connectivity index (χ2v) is 7.18. The molecule has 29 heavy (non-hydrogen) atoms. The standard InChI is InChI=1S/C21H22N6O2/c1-14(15-9-11-18(12-10-15)23-21(29)17-7-8-17)22-19(28)13-27-25-20(24-26-27)16-5-3-2-4-6-16/h2-6,9-12,14,17H,7-8,13H2,1H3,(H,22,28)(H,23,29). The number of carbonyl (C=O) groups excluding carboxylic acids is 2. The van der Waals surface area contributed by atoms with E-state index in [1.165, 1.54) is 4.80 Å². The van der Waals surface area contributed by atoms with Crippen molar-refractivity contribution in [2.75, 3.05) is 5.32 Å². The molecule has 1 aliphatic carbocycles. The van der Waals surface area contributed by atoms with Gasteiger partial charge < -0.3 is 10.6 Å². The van der Waals surface area contributed by atoms with E-state index in [0.717, 1.165) is 29.7 Å². The molecule has 4 rings (SSSR count). The number of tetrazole rings is 1. The summed E-state index contributed by atoms with van der Waals surface area (Å²) < 4.78 is 0. The average molecular weight is 390 g/mol. The summed E-state index contributed by atoms with van der Waals surface area (Å²) in [5, 5.41) is 18.0. The Kier molecular flexibility index (Phi) is 5.33. The highest BCUT2D eigenvalue weighted by Gasteiger charge is 2.29. The smallest absolute Gasteiger partial charge is 0.244 e. The van der Waals surface area contributed by atoms with Gasteiger partial charge in [-0.1, -0.05) is 42.5 Å². The monoisotopic (exact) mass is 390 g/mol. The van der Waals surface area contributed by atoms with Crippen molar-refractivity contribution in [1.29, 1.82) is 0 Å². The van der Waals surface area contributed by atoms with Gasteiger partial charge in [-0.3, -0.25) is 9.59 Å². The highest BCUT2D eigenvalue weighted by molar-refractivity contribution is 5.94. The van der Waals surface area contributed by atoms with Gasteiger partial charge in [0.2, 0.25) is 17.6 Å². The van der Waals surface area contributed by atoms with Crippen molar-refractivity contribution in [3.05, 3.63) is 60.2 Å². The highest BCUT2D eigenvalue weighted by atomic mass is 16.2. The number of hydrogen-bond donors (Lipinski definition) is 2. The lowest BCUT2D eigenvalue weighted by atomic mass is 10.1. The van der Waals surface area contributed by atoms with Crippen LogP contribution in [0.1, 0.15) is 31.4 Å². The topological polar surface area (TPSA) is 102 Å². The van der Waals surface area contributed by atoms with Crippen LogP contribution in [0.15, 0.2) is 54.6 Å². The maximum absolute atomic E-state index is 12.3. The third kappa shape index (κ3) is 4.84. The van der Waals surface area contributed by atoms with Gasteiger partial charge in [-0.15, -0.1) is 10.2 Å². The minimum absolute atomic E-state index is 0.0142. The van der Waals surface area contributed by atoms with Crippen LogP contribution < -0.4 is 10.6 Å². The van der Waals surface area contributed by atoms with Crippen molar-refractivity contribution in [2.45, 2.75) is 32.4 Å². The van der Waals surface area contributed by atoms with Crippen LogP contribution in [0.2, 0.25) is 0 Å². The third-order valence-electron chi connectivity index (χ3n) is 4.77. The van der Waals surface area contributed by atoms with Crippen LogP contribution in [-0.2, 0) is 16.1 Å². The maximum Gasteiger partial charge on any atom is 0.244 e. The minimum Gasteiger partial charge on any atom is -0.348 e. The molecule has 0 aliphatic heterocycles. The Hall–Kier alpha value is -3.55. The Morgan fingerprint density at radius 2 is 1.83 bits per heavy atom. The summed E-state index contributed by atoms with van der Waals surface area (Å²) >= 11 is 0. The van der Waals surface area contributed by atoms with E-state index in [1.807, 2.05) is 61.5 Å². The molecule has 2 amide bonds. The molecule has 0 saturated heterocycles. The van der Waals surface area contributed by atoms with E-state index >= 15 is 0 Å². The maximum atomic E-state index is 12.3. The van der Waals surface area contributed by atoms with Crippen LogP contribution in [0, 0.1) is 5.92 Å². The van der Waals surface area contributed by atoms with E-state index in [0.29, 0.717) is 5.82 Å². The lowest BCUT2D eigenvalue weighted by Crippen LogP contribution is -2.30. The number of benzene rings is 2. The Balaban J connectivity index is 1.31. The number of nitrogens with one attached hydrogen (secondary N) is 2. The van der Waals surface area contributed by atoms with Crippen LogP contribution in [-0.4, -0.2) is 32.0 Å². The summed E-state index contributed by atoms with van der Waals surface area (Å²) in [6.07, 6.45) is 1.95. The molecule has 1 atom stereocenters. The third-order valence-corrected chi connectivity index (χ3v) is 4.77. The molecule has 2 aromatic carbocycles. The predicted molar refractivity (Wildman–Crippen MR) is 108 cm³/mol. The van der Waals surface area contributed by atoms with Crippen molar-refractivity contribution < 1.29 is 9.59 Å². The molecule has 0 bridgehead atoms. The van der Waals surface area contributed by atoms with Gasteiger partial charge in [0.15, 0.2) is 0 Å². The van der Waals surface area contributed by atoms with Crippen molar-refractivity contribution in [3.8, 4) is 11.4 Å². The number of hydrogen-bond acceptors (Lipinski definition) is 5. The number of amides is 2. The molecule has 8 heteroatoms. The van der Waals surface area contributed by atoms with Gasteiger partial charge in [0.1, 0.15) is 6.54 Å². The molecule has 1 saturated carbocycles. The predicted octanol–water partition coefficient (Wildman–Crippen LogP) is 2.57. The normalized spacial score (nSPS) is 14.2. The van der Waals surface area contributed by atoms with Gasteiger partial charge in [-0.05, 0) is 42.7 Å². The van der Waals surface area contributed by atoms with E-state index in [4.69, 9.17) is 0 Å². The lowest BCUT2D eigenvalue weighted by molar-refractivity contribution is -0.122. The quantitative estimate of drug-likeness (QED) is 0.646. The van der Waals surface area contributed by atoms with Gasteiger partial charge in [0, 0.05) is 17.2 Å². The van der Waals surface area contributed by atoms with Crippen LogP contribution in [0.25, 0.3) is 11.4 Å². The number of aromatic nitrogens is 4. The molecule has 0 spiro atoms.